The van der Waals surface area contributed by atoms with Gasteiger partial charge in [-0.3, -0.25) is 4.79 Å². The molecular weight excluding hydrogens is 297 g/mol. The van der Waals surface area contributed by atoms with Gasteiger partial charge in [-0.05, 0) is 24.3 Å². The number of aliphatic hydroxyl groups is 1. The van der Waals surface area contributed by atoms with E-state index < -0.39 is 28.6 Å². The SMILES string of the molecule is CC(C)(C)/C(O)=C(\C#N)C(=O)Nc1ccc(C(F)(F)F)cc1. The lowest BCUT2D eigenvalue weighted by Gasteiger charge is -2.18. The minimum atomic E-state index is -4.47. The normalized spacial score (nSPS) is 13.1. The van der Waals surface area contributed by atoms with Crippen LogP contribution in [0.25, 0.3) is 0 Å². The molecule has 1 aromatic carbocycles. The number of nitrogens with zero attached hydrogens (tertiary/aromatic N) is 1. The van der Waals surface area contributed by atoms with Crippen molar-refractivity contribution >= 4 is 11.6 Å². The zero-order chi connectivity index (χ0) is 17.1. The van der Waals surface area contributed by atoms with Crippen LogP contribution in [-0.2, 0) is 11.0 Å². The van der Waals surface area contributed by atoms with Crippen molar-refractivity contribution in [2.24, 2.45) is 5.41 Å². The predicted octanol–water partition coefficient (Wildman–Crippen LogP) is 4.03. The number of anilines is 1. The molecule has 0 saturated heterocycles. The average Bonchev–Trinajstić information content (AvgIpc) is 2.37. The Hall–Kier alpha value is -2.49. The first-order chi connectivity index (χ1) is 9.96. The maximum atomic E-state index is 12.4. The summed E-state index contributed by atoms with van der Waals surface area (Å²) in [6.07, 6.45) is -4.47. The van der Waals surface area contributed by atoms with Crippen LogP contribution in [0, 0.1) is 16.7 Å². The first kappa shape index (κ1) is 17.6. The highest BCUT2D eigenvalue weighted by atomic mass is 19.4. The summed E-state index contributed by atoms with van der Waals surface area (Å²) in [5, 5.41) is 21.2. The van der Waals surface area contributed by atoms with Crippen LogP contribution < -0.4 is 5.32 Å². The minimum Gasteiger partial charge on any atom is -0.510 e. The number of carbonyl (C=O) groups excluding carboxylic acids is 1. The van der Waals surface area contributed by atoms with Gasteiger partial charge in [0.05, 0.1) is 5.56 Å². The molecule has 1 amide bonds. The number of carbonyl (C=O) groups is 1. The molecule has 0 heterocycles. The van der Waals surface area contributed by atoms with Gasteiger partial charge in [0.2, 0.25) is 0 Å². The zero-order valence-corrected chi connectivity index (χ0v) is 12.2. The number of nitriles is 1. The quantitative estimate of drug-likeness (QED) is 0.492. The Balaban J connectivity index is 3.00. The Morgan fingerprint density at radius 2 is 1.68 bits per heavy atom. The molecule has 0 aromatic heterocycles. The standard InChI is InChI=1S/C15H15F3N2O2/c1-14(2,3)12(21)11(8-19)13(22)20-10-6-4-9(5-7-10)15(16,17)18/h4-7,21H,1-3H3,(H,20,22)/b12-11-. The predicted molar refractivity (Wildman–Crippen MR) is 74.8 cm³/mol. The molecule has 0 saturated carbocycles. The van der Waals surface area contributed by atoms with E-state index in [-0.39, 0.29) is 11.4 Å². The van der Waals surface area contributed by atoms with Crippen LogP contribution in [0.1, 0.15) is 26.3 Å². The number of hydrogen-bond acceptors (Lipinski definition) is 3. The van der Waals surface area contributed by atoms with Gasteiger partial charge in [0, 0.05) is 11.1 Å². The molecule has 1 aromatic rings. The Kier molecular flexibility index (Phi) is 4.87. The third kappa shape index (κ3) is 4.25. The highest BCUT2D eigenvalue weighted by molar-refractivity contribution is 6.07. The monoisotopic (exact) mass is 312 g/mol. The number of hydrogen-bond donors (Lipinski definition) is 2. The van der Waals surface area contributed by atoms with E-state index in [0.29, 0.717) is 0 Å². The molecule has 0 aliphatic rings. The summed E-state index contributed by atoms with van der Waals surface area (Å²) in [5.74, 6) is -1.27. The lowest BCUT2D eigenvalue weighted by atomic mass is 9.90. The van der Waals surface area contributed by atoms with E-state index in [9.17, 15) is 23.1 Å². The molecule has 0 unspecified atom stereocenters. The van der Waals surface area contributed by atoms with Crippen LogP contribution in [0.15, 0.2) is 35.6 Å². The molecule has 0 fully saturated rings. The van der Waals surface area contributed by atoms with Crippen LogP contribution in [-0.4, -0.2) is 11.0 Å². The van der Waals surface area contributed by atoms with Crippen LogP contribution in [0.4, 0.5) is 18.9 Å². The van der Waals surface area contributed by atoms with E-state index in [1.165, 1.54) is 0 Å². The van der Waals surface area contributed by atoms with E-state index >= 15 is 0 Å². The highest BCUT2D eigenvalue weighted by Crippen LogP contribution is 2.30. The third-order valence-electron chi connectivity index (χ3n) is 2.76. The van der Waals surface area contributed by atoms with Gasteiger partial charge in [-0.15, -0.1) is 0 Å². The number of benzene rings is 1. The number of halogens is 3. The maximum Gasteiger partial charge on any atom is 0.416 e. The van der Waals surface area contributed by atoms with Gasteiger partial charge in [-0.2, -0.15) is 18.4 Å². The van der Waals surface area contributed by atoms with Crippen molar-refractivity contribution in [3.05, 3.63) is 41.2 Å². The second-order valence-electron chi connectivity index (χ2n) is 5.61. The molecule has 118 valence electrons. The van der Waals surface area contributed by atoms with Crippen molar-refractivity contribution in [3.63, 3.8) is 0 Å². The fraction of sp³-hybridized carbons (Fsp3) is 0.333. The molecule has 22 heavy (non-hydrogen) atoms. The van der Waals surface area contributed by atoms with Crippen LogP contribution in [0.5, 0.6) is 0 Å². The number of aliphatic hydroxyl groups excluding tert-OH is 1. The molecule has 0 bridgehead atoms. The summed E-state index contributed by atoms with van der Waals surface area (Å²) >= 11 is 0. The van der Waals surface area contributed by atoms with E-state index in [2.05, 4.69) is 5.32 Å². The fourth-order valence-electron chi connectivity index (χ4n) is 1.52. The topological polar surface area (TPSA) is 73.1 Å². The molecule has 4 nitrogen and oxygen atoms in total. The molecule has 0 atom stereocenters. The summed E-state index contributed by atoms with van der Waals surface area (Å²) < 4.78 is 37.3. The molecule has 7 heteroatoms. The molecule has 0 spiro atoms. The van der Waals surface area contributed by atoms with E-state index in [1.54, 1.807) is 26.8 Å². The maximum absolute atomic E-state index is 12.4. The molecule has 0 aliphatic carbocycles. The second-order valence-corrected chi connectivity index (χ2v) is 5.61. The summed E-state index contributed by atoms with van der Waals surface area (Å²) in [6, 6.07) is 5.38. The van der Waals surface area contributed by atoms with Crippen molar-refractivity contribution < 1.29 is 23.1 Å². The van der Waals surface area contributed by atoms with Gasteiger partial charge in [0.25, 0.3) is 5.91 Å². The van der Waals surface area contributed by atoms with Gasteiger partial charge < -0.3 is 10.4 Å². The molecule has 1 rings (SSSR count). The van der Waals surface area contributed by atoms with E-state index in [0.717, 1.165) is 24.3 Å². The van der Waals surface area contributed by atoms with Crippen molar-refractivity contribution in [2.45, 2.75) is 26.9 Å². The zero-order valence-electron chi connectivity index (χ0n) is 12.2. The van der Waals surface area contributed by atoms with Crippen LogP contribution >= 0.6 is 0 Å². The summed E-state index contributed by atoms with van der Waals surface area (Å²) in [5.41, 5.74) is -2.04. The highest BCUT2D eigenvalue weighted by Gasteiger charge is 2.30. The number of alkyl halides is 3. The van der Waals surface area contributed by atoms with Crippen molar-refractivity contribution in [3.8, 4) is 6.07 Å². The largest absolute Gasteiger partial charge is 0.510 e. The molecule has 2 N–H and O–H groups in total. The Morgan fingerprint density at radius 3 is 2.05 bits per heavy atom. The number of nitrogens with one attached hydrogen (secondary N) is 1. The van der Waals surface area contributed by atoms with Gasteiger partial charge >= 0.3 is 6.18 Å². The summed E-state index contributed by atoms with van der Waals surface area (Å²) in [4.78, 5) is 11.9. The molecular formula is C15H15F3N2O2. The Morgan fingerprint density at radius 1 is 1.18 bits per heavy atom. The minimum absolute atomic E-state index is 0.0902. The van der Waals surface area contributed by atoms with E-state index in [4.69, 9.17) is 5.26 Å². The third-order valence-corrected chi connectivity index (χ3v) is 2.76. The summed E-state index contributed by atoms with van der Waals surface area (Å²) in [6.45, 7) is 4.85. The Bertz CT molecular complexity index is 633. The first-order valence-corrected chi connectivity index (χ1v) is 6.29. The Labute approximate surface area is 125 Å². The van der Waals surface area contributed by atoms with E-state index in [1.807, 2.05) is 0 Å². The van der Waals surface area contributed by atoms with Crippen LogP contribution in [0.2, 0.25) is 0 Å². The number of amides is 1. The second kappa shape index (κ2) is 6.10. The van der Waals surface area contributed by atoms with Gasteiger partial charge in [-0.25, -0.2) is 0 Å². The first-order valence-electron chi connectivity index (χ1n) is 6.29. The lowest BCUT2D eigenvalue weighted by molar-refractivity contribution is -0.137. The van der Waals surface area contributed by atoms with Gasteiger partial charge in [0.15, 0.2) is 5.57 Å². The van der Waals surface area contributed by atoms with Crippen molar-refractivity contribution in [2.75, 3.05) is 5.32 Å². The number of allylic oxidation sites excluding steroid dienone is 1. The van der Waals surface area contributed by atoms with Crippen LogP contribution in [0.3, 0.4) is 0 Å². The smallest absolute Gasteiger partial charge is 0.416 e. The van der Waals surface area contributed by atoms with Gasteiger partial charge in [-0.1, -0.05) is 20.8 Å². The van der Waals surface area contributed by atoms with Gasteiger partial charge in [0.1, 0.15) is 11.8 Å². The average molecular weight is 312 g/mol. The fourth-order valence-corrected chi connectivity index (χ4v) is 1.52. The summed E-state index contributed by atoms with van der Waals surface area (Å²) in [7, 11) is 0. The molecule has 0 aliphatic heterocycles. The molecule has 0 radical (unpaired) electrons. The van der Waals surface area contributed by atoms with Crippen molar-refractivity contribution in [1.29, 1.82) is 5.26 Å². The number of rotatable bonds is 2. The van der Waals surface area contributed by atoms with Crippen molar-refractivity contribution in [1.82, 2.24) is 0 Å². The lowest BCUT2D eigenvalue weighted by Crippen LogP contribution is -2.20.